The Balaban J connectivity index is 2.15. The lowest BCUT2D eigenvalue weighted by Crippen LogP contribution is -2.09. The lowest BCUT2D eigenvalue weighted by molar-refractivity contribution is -0.137. The Morgan fingerprint density at radius 1 is 1.41 bits per heavy atom. The molecule has 0 unspecified atom stereocenters. The molecule has 2 aromatic rings. The third-order valence-corrected chi connectivity index (χ3v) is 3.73. The second-order valence-electron chi connectivity index (χ2n) is 5.11. The zero-order valence-corrected chi connectivity index (χ0v) is 13.5. The number of rotatable bonds is 9. The van der Waals surface area contributed by atoms with Crippen molar-refractivity contribution in [2.75, 3.05) is 13.2 Å². The highest BCUT2D eigenvalue weighted by molar-refractivity contribution is 6.31. The largest absolute Gasteiger partial charge is 0.481 e. The first-order valence-electron chi connectivity index (χ1n) is 7.56. The SMILES string of the molecule is CCOCCn1c(CCCCC(=O)O)nc2ccc(Cl)cc21. The highest BCUT2D eigenvalue weighted by atomic mass is 35.5. The lowest BCUT2D eigenvalue weighted by atomic mass is 10.2. The standard InChI is InChI=1S/C16H21ClN2O3/c1-2-22-10-9-19-14-11-12(17)7-8-13(14)18-15(19)5-3-4-6-16(20)21/h7-8,11H,2-6,9-10H2,1H3,(H,20,21). The van der Waals surface area contributed by atoms with Crippen molar-refractivity contribution < 1.29 is 14.6 Å². The van der Waals surface area contributed by atoms with Gasteiger partial charge in [-0.25, -0.2) is 4.98 Å². The van der Waals surface area contributed by atoms with Gasteiger partial charge >= 0.3 is 5.97 Å². The molecule has 0 aliphatic heterocycles. The van der Waals surface area contributed by atoms with Crippen LogP contribution in [-0.4, -0.2) is 33.8 Å². The van der Waals surface area contributed by atoms with Gasteiger partial charge in [0.25, 0.3) is 0 Å². The number of carboxylic acids is 1. The molecule has 0 saturated heterocycles. The Morgan fingerprint density at radius 2 is 2.23 bits per heavy atom. The molecule has 0 amide bonds. The maximum absolute atomic E-state index is 10.6. The fourth-order valence-electron chi connectivity index (χ4n) is 2.45. The quantitative estimate of drug-likeness (QED) is 0.717. The predicted molar refractivity (Wildman–Crippen MR) is 86.4 cm³/mol. The average molecular weight is 325 g/mol. The van der Waals surface area contributed by atoms with E-state index < -0.39 is 5.97 Å². The van der Waals surface area contributed by atoms with E-state index in [1.807, 2.05) is 25.1 Å². The summed E-state index contributed by atoms with van der Waals surface area (Å²) in [6, 6.07) is 5.66. The van der Waals surface area contributed by atoms with E-state index in [9.17, 15) is 4.79 Å². The number of benzene rings is 1. The maximum Gasteiger partial charge on any atom is 0.303 e. The van der Waals surface area contributed by atoms with Crippen molar-refractivity contribution in [3.05, 3.63) is 29.0 Å². The van der Waals surface area contributed by atoms with E-state index in [-0.39, 0.29) is 6.42 Å². The maximum atomic E-state index is 10.6. The molecule has 120 valence electrons. The number of aryl methyl sites for hydroxylation is 1. The number of nitrogens with zero attached hydrogens (tertiary/aromatic N) is 2. The molecule has 22 heavy (non-hydrogen) atoms. The topological polar surface area (TPSA) is 64.3 Å². The molecule has 0 atom stereocenters. The van der Waals surface area contributed by atoms with E-state index >= 15 is 0 Å². The number of carboxylic acid groups (broad SMARTS) is 1. The zero-order chi connectivity index (χ0) is 15.9. The summed E-state index contributed by atoms with van der Waals surface area (Å²) >= 11 is 6.09. The molecule has 1 aromatic carbocycles. The number of halogens is 1. The minimum Gasteiger partial charge on any atom is -0.481 e. The van der Waals surface area contributed by atoms with Crippen LogP contribution in [-0.2, 0) is 22.5 Å². The molecule has 1 aromatic heterocycles. The number of imidazole rings is 1. The molecule has 0 bridgehead atoms. The van der Waals surface area contributed by atoms with Crippen LogP contribution in [0.1, 0.15) is 32.0 Å². The Hall–Kier alpha value is -1.59. The van der Waals surface area contributed by atoms with Crippen LogP contribution in [0.2, 0.25) is 5.02 Å². The van der Waals surface area contributed by atoms with Crippen LogP contribution < -0.4 is 0 Å². The summed E-state index contributed by atoms with van der Waals surface area (Å²) in [7, 11) is 0. The van der Waals surface area contributed by atoms with Crippen molar-refractivity contribution in [2.24, 2.45) is 0 Å². The second-order valence-corrected chi connectivity index (χ2v) is 5.55. The van der Waals surface area contributed by atoms with Gasteiger partial charge in [0.2, 0.25) is 0 Å². The molecular formula is C16H21ClN2O3. The minimum absolute atomic E-state index is 0.199. The van der Waals surface area contributed by atoms with Gasteiger partial charge in [0.15, 0.2) is 0 Å². The van der Waals surface area contributed by atoms with E-state index in [0.29, 0.717) is 24.7 Å². The van der Waals surface area contributed by atoms with E-state index in [2.05, 4.69) is 9.55 Å². The fraction of sp³-hybridized carbons (Fsp3) is 0.500. The van der Waals surface area contributed by atoms with Crippen molar-refractivity contribution in [2.45, 2.75) is 39.2 Å². The number of hydrogen-bond donors (Lipinski definition) is 1. The van der Waals surface area contributed by atoms with Crippen molar-refractivity contribution in [3.63, 3.8) is 0 Å². The lowest BCUT2D eigenvalue weighted by Gasteiger charge is -2.09. The Bertz CT molecular complexity index is 640. The Morgan fingerprint density at radius 3 is 2.95 bits per heavy atom. The monoisotopic (exact) mass is 324 g/mol. The van der Waals surface area contributed by atoms with Crippen LogP contribution in [0.25, 0.3) is 11.0 Å². The van der Waals surface area contributed by atoms with Crippen LogP contribution in [0, 0.1) is 0 Å². The molecular weight excluding hydrogens is 304 g/mol. The van der Waals surface area contributed by atoms with Crippen LogP contribution in [0.3, 0.4) is 0 Å². The summed E-state index contributed by atoms with van der Waals surface area (Å²) < 4.78 is 7.56. The molecule has 6 heteroatoms. The van der Waals surface area contributed by atoms with Gasteiger partial charge in [-0.15, -0.1) is 0 Å². The zero-order valence-electron chi connectivity index (χ0n) is 12.7. The molecule has 0 spiro atoms. The molecule has 2 rings (SSSR count). The average Bonchev–Trinajstić information content (AvgIpc) is 2.81. The molecule has 0 radical (unpaired) electrons. The first-order valence-corrected chi connectivity index (χ1v) is 7.93. The molecule has 5 nitrogen and oxygen atoms in total. The number of aromatic nitrogens is 2. The number of carbonyl (C=O) groups is 1. The van der Waals surface area contributed by atoms with Crippen molar-refractivity contribution in [1.82, 2.24) is 9.55 Å². The van der Waals surface area contributed by atoms with Gasteiger partial charge in [-0.05, 0) is 38.0 Å². The van der Waals surface area contributed by atoms with Gasteiger partial charge < -0.3 is 14.4 Å². The molecule has 0 aliphatic carbocycles. The summed E-state index contributed by atoms with van der Waals surface area (Å²) in [6.07, 6.45) is 2.42. The molecule has 1 heterocycles. The Labute approximate surface area is 134 Å². The summed E-state index contributed by atoms with van der Waals surface area (Å²) in [5.74, 6) is 0.207. The highest BCUT2D eigenvalue weighted by Crippen LogP contribution is 2.22. The Kier molecular flexibility index (Phi) is 6.21. The summed E-state index contributed by atoms with van der Waals surface area (Å²) in [4.78, 5) is 15.2. The van der Waals surface area contributed by atoms with Crippen molar-refractivity contribution in [1.29, 1.82) is 0 Å². The molecule has 0 fully saturated rings. The van der Waals surface area contributed by atoms with Crippen LogP contribution in [0.4, 0.5) is 0 Å². The highest BCUT2D eigenvalue weighted by Gasteiger charge is 2.11. The molecule has 0 saturated carbocycles. The van der Waals surface area contributed by atoms with Gasteiger partial charge in [0.05, 0.1) is 17.6 Å². The molecule has 1 N–H and O–H groups in total. The normalized spacial score (nSPS) is 11.2. The predicted octanol–water partition coefficient (Wildman–Crippen LogP) is 3.52. The van der Waals surface area contributed by atoms with Gasteiger partial charge in [-0.2, -0.15) is 0 Å². The fourth-order valence-corrected chi connectivity index (χ4v) is 2.61. The van der Waals surface area contributed by atoms with Gasteiger partial charge in [-0.3, -0.25) is 4.79 Å². The summed E-state index contributed by atoms with van der Waals surface area (Å²) in [5, 5.41) is 9.38. The van der Waals surface area contributed by atoms with Crippen LogP contribution in [0.15, 0.2) is 18.2 Å². The number of unbranched alkanes of at least 4 members (excludes halogenated alkanes) is 1. The van der Waals surface area contributed by atoms with Crippen molar-refractivity contribution >= 4 is 28.6 Å². The third-order valence-electron chi connectivity index (χ3n) is 3.49. The number of hydrogen-bond acceptors (Lipinski definition) is 3. The van der Waals surface area contributed by atoms with E-state index in [1.165, 1.54) is 0 Å². The smallest absolute Gasteiger partial charge is 0.303 e. The van der Waals surface area contributed by atoms with Crippen LogP contribution >= 0.6 is 11.6 Å². The summed E-state index contributed by atoms with van der Waals surface area (Å²) in [6.45, 7) is 3.99. The van der Waals surface area contributed by atoms with E-state index in [1.54, 1.807) is 0 Å². The number of aliphatic carboxylic acids is 1. The van der Waals surface area contributed by atoms with E-state index in [0.717, 1.165) is 36.2 Å². The van der Waals surface area contributed by atoms with Gasteiger partial charge in [0.1, 0.15) is 5.82 Å². The number of ether oxygens (including phenoxy) is 1. The second kappa shape index (κ2) is 8.15. The summed E-state index contributed by atoms with van der Waals surface area (Å²) in [5.41, 5.74) is 1.91. The minimum atomic E-state index is -0.753. The van der Waals surface area contributed by atoms with E-state index in [4.69, 9.17) is 21.4 Å². The first kappa shape index (κ1) is 16.8. The number of fused-ring (bicyclic) bond motifs is 1. The van der Waals surface area contributed by atoms with Crippen LogP contribution in [0.5, 0.6) is 0 Å². The van der Waals surface area contributed by atoms with Gasteiger partial charge in [-0.1, -0.05) is 11.6 Å². The first-order chi connectivity index (χ1) is 10.6. The third kappa shape index (κ3) is 4.45. The molecule has 0 aliphatic rings. The van der Waals surface area contributed by atoms with Crippen molar-refractivity contribution in [3.8, 4) is 0 Å². The van der Waals surface area contributed by atoms with Gasteiger partial charge in [0, 0.05) is 31.0 Å².